The van der Waals surface area contributed by atoms with Gasteiger partial charge >= 0.3 is 5.97 Å². The SMILES string of the molecule is C=CCCCCCCOc1ccc(C(=O)Oc2ccc(C)c(C=N)c2)cc1. The number of rotatable bonds is 11. The van der Waals surface area contributed by atoms with Gasteiger partial charge in [-0.2, -0.15) is 0 Å². The quantitative estimate of drug-likeness (QED) is 0.182. The molecule has 0 aliphatic heterocycles. The zero-order valence-electron chi connectivity index (χ0n) is 15.9. The van der Waals surface area contributed by atoms with Crippen molar-refractivity contribution in [3.8, 4) is 11.5 Å². The van der Waals surface area contributed by atoms with E-state index in [-0.39, 0.29) is 0 Å². The van der Waals surface area contributed by atoms with Gasteiger partial charge in [0.1, 0.15) is 11.5 Å². The number of aryl methyl sites for hydroxylation is 1. The maximum Gasteiger partial charge on any atom is 0.343 e. The van der Waals surface area contributed by atoms with E-state index in [1.165, 1.54) is 19.1 Å². The van der Waals surface area contributed by atoms with Crippen molar-refractivity contribution in [2.45, 2.75) is 39.0 Å². The number of hydrogen-bond donors (Lipinski definition) is 1. The maximum atomic E-state index is 12.3. The molecule has 0 saturated heterocycles. The molecule has 2 aromatic rings. The number of benzene rings is 2. The van der Waals surface area contributed by atoms with Crippen LogP contribution in [-0.4, -0.2) is 18.8 Å². The molecule has 142 valence electrons. The van der Waals surface area contributed by atoms with E-state index in [2.05, 4.69) is 6.58 Å². The summed E-state index contributed by atoms with van der Waals surface area (Å²) in [6.07, 6.45) is 8.81. The molecule has 1 N–H and O–H groups in total. The second kappa shape index (κ2) is 11.0. The highest BCUT2D eigenvalue weighted by atomic mass is 16.5. The molecule has 27 heavy (non-hydrogen) atoms. The molecule has 0 amide bonds. The van der Waals surface area contributed by atoms with Crippen LogP contribution in [0.3, 0.4) is 0 Å². The van der Waals surface area contributed by atoms with Crippen LogP contribution in [0, 0.1) is 12.3 Å². The van der Waals surface area contributed by atoms with Gasteiger partial charge in [-0.1, -0.05) is 25.0 Å². The summed E-state index contributed by atoms with van der Waals surface area (Å²) in [7, 11) is 0. The standard InChI is InChI=1S/C23H27NO3/c1-3-4-5-6-7-8-15-26-21-13-10-19(11-14-21)23(25)27-22-12-9-18(2)20(16-22)17-24/h3,9-14,16-17,24H,1,4-8,15H2,2H3. The van der Waals surface area contributed by atoms with Crippen LogP contribution in [0.2, 0.25) is 0 Å². The Balaban J connectivity index is 1.81. The lowest BCUT2D eigenvalue weighted by Crippen LogP contribution is -2.09. The molecule has 0 atom stereocenters. The topological polar surface area (TPSA) is 59.4 Å². The number of carbonyl (C=O) groups is 1. The number of esters is 1. The van der Waals surface area contributed by atoms with E-state index in [0.29, 0.717) is 17.9 Å². The zero-order chi connectivity index (χ0) is 19.5. The Hall–Kier alpha value is -2.88. The minimum absolute atomic E-state index is 0.427. The first-order valence-corrected chi connectivity index (χ1v) is 9.31. The van der Waals surface area contributed by atoms with Gasteiger partial charge in [0, 0.05) is 6.21 Å². The van der Waals surface area contributed by atoms with Gasteiger partial charge in [0.2, 0.25) is 0 Å². The van der Waals surface area contributed by atoms with Crippen LogP contribution in [0.1, 0.15) is 53.6 Å². The highest BCUT2D eigenvalue weighted by Gasteiger charge is 2.10. The average molecular weight is 365 g/mol. The van der Waals surface area contributed by atoms with E-state index in [1.807, 2.05) is 19.1 Å². The highest BCUT2D eigenvalue weighted by Crippen LogP contribution is 2.19. The van der Waals surface area contributed by atoms with Crippen molar-refractivity contribution in [2.24, 2.45) is 0 Å². The largest absolute Gasteiger partial charge is 0.494 e. The predicted octanol–water partition coefficient (Wildman–Crippen LogP) is 5.73. The Morgan fingerprint density at radius 1 is 1.04 bits per heavy atom. The molecular weight excluding hydrogens is 338 g/mol. The van der Waals surface area contributed by atoms with Crippen LogP contribution >= 0.6 is 0 Å². The van der Waals surface area contributed by atoms with Gasteiger partial charge in [-0.05, 0) is 73.7 Å². The fourth-order valence-electron chi connectivity index (χ4n) is 2.63. The van der Waals surface area contributed by atoms with Crippen molar-refractivity contribution in [2.75, 3.05) is 6.61 Å². The number of carbonyl (C=O) groups excluding carboxylic acids is 1. The normalized spacial score (nSPS) is 10.3. The fourth-order valence-corrected chi connectivity index (χ4v) is 2.63. The second-order valence-electron chi connectivity index (χ2n) is 6.42. The number of hydrogen-bond acceptors (Lipinski definition) is 4. The average Bonchev–Trinajstić information content (AvgIpc) is 2.69. The van der Waals surface area contributed by atoms with Gasteiger partial charge in [-0.15, -0.1) is 6.58 Å². The van der Waals surface area contributed by atoms with Crippen molar-refractivity contribution in [1.82, 2.24) is 0 Å². The molecule has 0 heterocycles. The third-order valence-electron chi connectivity index (χ3n) is 4.28. The van der Waals surface area contributed by atoms with Gasteiger partial charge in [-0.3, -0.25) is 0 Å². The minimum atomic E-state index is -0.427. The van der Waals surface area contributed by atoms with E-state index in [4.69, 9.17) is 14.9 Å². The number of allylic oxidation sites excluding steroid dienone is 1. The Bertz CT molecular complexity index is 766. The molecule has 0 bridgehead atoms. The molecule has 0 fully saturated rings. The van der Waals surface area contributed by atoms with Crippen LogP contribution in [-0.2, 0) is 0 Å². The molecular formula is C23H27NO3. The third kappa shape index (κ3) is 6.74. The molecule has 2 aromatic carbocycles. The first-order valence-electron chi connectivity index (χ1n) is 9.31. The van der Waals surface area contributed by atoms with Gasteiger partial charge in [0.15, 0.2) is 0 Å². The van der Waals surface area contributed by atoms with Gasteiger partial charge < -0.3 is 14.9 Å². The van der Waals surface area contributed by atoms with Crippen molar-refractivity contribution in [3.63, 3.8) is 0 Å². The van der Waals surface area contributed by atoms with Crippen molar-refractivity contribution >= 4 is 12.2 Å². The van der Waals surface area contributed by atoms with E-state index < -0.39 is 5.97 Å². The van der Waals surface area contributed by atoms with Crippen LogP contribution in [0.5, 0.6) is 11.5 Å². The number of ether oxygens (including phenoxy) is 2. The summed E-state index contributed by atoms with van der Waals surface area (Å²) in [6.45, 7) is 6.30. The van der Waals surface area contributed by atoms with Crippen LogP contribution < -0.4 is 9.47 Å². The summed E-state index contributed by atoms with van der Waals surface area (Å²) >= 11 is 0. The number of nitrogens with one attached hydrogen (secondary N) is 1. The first-order chi connectivity index (χ1) is 13.1. The maximum absolute atomic E-state index is 12.3. The molecule has 0 unspecified atom stereocenters. The molecule has 4 nitrogen and oxygen atoms in total. The Kier molecular flexibility index (Phi) is 8.30. The summed E-state index contributed by atoms with van der Waals surface area (Å²) in [5.74, 6) is 0.753. The number of unbranched alkanes of at least 4 members (excludes halogenated alkanes) is 4. The second-order valence-corrected chi connectivity index (χ2v) is 6.42. The lowest BCUT2D eigenvalue weighted by Gasteiger charge is -2.08. The minimum Gasteiger partial charge on any atom is -0.494 e. The molecule has 0 radical (unpaired) electrons. The van der Waals surface area contributed by atoms with Crippen LogP contribution in [0.4, 0.5) is 0 Å². The summed E-state index contributed by atoms with van der Waals surface area (Å²) in [6, 6.07) is 12.2. The van der Waals surface area contributed by atoms with Gasteiger partial charge in [-0.25, -0.2) is 4.79 Å². The van der Waals surface area contributed by atoms with E-state index in [9.17, 15) is 4.79 Å². The molecule has 2 rings (SSSR count). The van der Waals surface area contributed by atoms with E-state index in [0.717, 1.165) is 36.1 Å². The van der Waals surface area contributed by atoms with E-state index in [1.54, 1.807) is 36.4 Å². The summed E-state index contributed by atoms with van der Waals surface area (Å²) < 4.78 is 11.1. The van der Waals surface area contributed by atoms with Gasteiger partial charge in [0.05, 0.1) is 12.2 Å². The van der Waals surface area contributed by atoms with Crippen molar-refractivity contribution in [1.29, 1.82) is 5.41 Å². The monoisotopic (exact) mass is 365 g/mol. The summed E-state index contributed by atoms with van der Waals surface area (Å²) in [4.78, 5) is 12.3. The summed E-state index contributed by atoms with van der Waals surface area (Å²) in [5.41, 5.74) is 2.16. The Labute approximate surface area is 161 Å². The molecule has 0 saturated carbocycles. The predicted molar refractivity (Wildman–Crippen MR) is 109 cm³/mol. The van der Waals surface area contributed by atoms with Gasteiger partial charge in [0.25, 0.3) is 0 Å². The lowest BCUT2D eigenvalue weighted by atomic mass is 10.1. The van der Waals surface area contributed by atoms with E-state index >= 15 is 0 Å². The molecule has 0 aromatic heterocycles. The first kappa shape index (κ1) is 20.4. The molecule has 0 aliphatic carbocycles. The van der Waals surface area contributed by atoms with Crippen molar-refractivity contribution < 1.29 is 14.3 Å². The Morgan fingerprint density at radius 3 is 2.44 bits per heavy atom. The van der Waals surface area contributed by atoms with Crippen LogP contribution in [0.25, 0.3) is 0 Å². The molecule has 0 aliphatic rings. The van der Waals surface area contributed by atoms with Crippen LogP contribution in [0.15, 0.2) is 55.1 Å². The molecule has 0 spiro atoms. The zero-order valence-corrected chi connectivity index (χ0v) is 15.9. The highest BCUT2D eigenvalue weighted by molar-refractivity contribution is 5.91. The molecule has 4 heteroatoms. The van der Waals surface area contributed by atoms with Crippen molar-refractivity contribution in [3.05, 3.63) is 71.8 Å². The third-order valence-corrected chi connectivity index (χ3v) is 4.28. The smallest absolute Gasteiger partial charge is 0.343 e. The Morgan fingerprint density at radius 2 is 1.74 bits per heavy atom. The lowest BCUT2D eigenvalue weighted by molar-refractivity contribution is 0.0734. The summed E-state index contributed by atoms with van der Waals surface area (Å²) in [5, 5.41) is 7.38. The fraction of sp³-hybridized carbons (Fsp3) is 0.304.